The number of pyridine rings is 1. The largest absolute Gasteiger partial charge is 0.392 e. The van der Waals surface area contributed by atoms with Crippen LogP contribution in [0.1, 0.15) is 46.6 Å². The molecule has 188 valence electrons. The van der Waals surface area contributed by atoms with Gasteiger partial charge >= 0.3 is 0 Å². The van der Waals surface area contributed by atoms with Crippen LogP contribution in [0.2, 0.25) is 0 Å². The Bertz CT molecular complexity index is 1350. The molecule has 1 fully saturated rings. The number of hydrogen-bond donors (Lipinski definition) is 2. The molecule has 0 spiro atoms. The normalized spacial score (nSPS) is 14.4. The van der Waals surface area contributed by atoms with Crippen LogP contribution in [0.15, 0.2) is 64.9 Å². The second kappa shape index (κ2) is 11.4. The summed E-state index contributed by atoms with van der Waals surface area (Å²) in [5.74, 6) is -0.927. The maximum atomic E-state index is 13.1. The van der Waals surface area contributed by atoms with Gasteiger partial charge in [-0.3, -0.25) is 19.9 Å². The van der Waals surface area contributed by atoms with E-state index in [0.29, 0.717) is 16.1 Å². The number of oxime groups is 1. The van der Waals surface area contributed by atoms with Crippen LogP contribution in [-0.4, -0.2) is 48.3 Å². The van der Waals surface area contributed by atoms with Gasteiger partial charge in [-0.1, -0.05) is 34.7 Å². The molecule has 4 rings (SSSR count). The topological polar surface area (TPSA) is 140 Å². The molecule has 0 atom stereocenters. The van der Waals surface area contributed by atoms with Gasteiger partial charge in [0.1, 0.15) is 11.0 Å². The average Bonchev–Trinajstić information content (AvgIpc) is 3.56. The lowest BCUT2D eigenvalue weighted by Gasteiger charge is -2.10. The first kappa shape index (κ1) is 25.5. The Labute approximate surface area is 212 Å². The van der Waals surface area contributed by atoms with E-state index in [4.69, 9.17) is 4.84 Å². The number of carbonyl (C=O) groups is 2. The highest BCUT2D eigenvalue weighted by Gasteiger charge is 2.22. The summed E-state index contributed by atoms with van der Waals surface area (Å²) in [4.78, 5) is 39.9. The Morgan fingerprint density at radius 1 is 1.11 bits per heavy atom. The van der Waals surface area contributed by atoms with Crippen LogP contribution < -0.4 is 10.6 Å². The maximum Gasteiger partial charge on any atom is 0.280 e. The molecule has 0 radical (unpaired) electrons. The number of nitrogens with zero attached hydrogens (tertiary/aromatic N) is 3. The lowest BCUT2D eigenvalue weighted by molar-refractivity contribution is -0.110. The van der Waals surface area contributed by atoms with Crippen molar-refractivity contribution in [2.24, 2.45) is 5.16 Å². The van der Waals surface area contributed by atoms with Gasteiger partial charge < -0.3 is 10.2 Å². The zero-order chi connectivity index (χ0) is 25.5. The molecule has 36 heavy (non-hydrogen) atoms. The fraction of sp³-hybridized carbons (Fsp3) is 0.292. The number of aromatic nitrogens is 2. The molecule has 2 N–H and O–H groups in total. The summed E-state index contributed by atoms with van der Waals surface area (Å²) in [5, 5.41) is 9.75. The lowest BCUT2D eigenvalue weighted by atomic mass is 10.1. The summed E-state index contributed by atoms with van der Waals surface area (Å²) in [7, 11) is -3.39. The molecule has 2 aromatic heterocycles. The Kier molecular flexibility index (Phi) is 8.06. The number of benzene rings is 1. The number of hydrogen-bond acceptors (Lipinski definition) is 9. The Morgan fingerprint density at radius 2 is 1.86 bits per heavy atom. The van der Waals surface area contributed by atoms with Crippen molar-refractivity contribution in [3.8, 4) is 0 Å². The SMILES string of the molecule is CS(=O)(=O)c1ccc(/C(=N\OC2CCCC2)C(=O)Nc2ncc(C(=O)NCc3ccccn3)s2)cc1. The minimum Gasteiger partial charge on any atom is -0.392 e. The zero-order valence-corrected chi connectivity index (χ0v) is 21.1. The summed E-state index contributed by atoms with van der Waals surface area (Å²) in [6, 6.07) is 11.3. The third-order valence-electron chi connectivity index (χ3n) is 5.47. The van der Waals surface area contributed by atoms with Crippen molar-refractivity contribution < 1.29 is 22.8 Å². The molecule has 3 aromatic rings. The number of amides is 2. The molecule has 0 saturated heterocycles. The highest BCUT2D eigenvalue weighted by Crippen LogP contribution is 2.22. The van der Waals surface area contributed by atoms with E-state index in [2.05, 4.69) is 25.8 Å². The summed E-state index contributed by atoms with van der Waals surface area (Å²) < 4.78 is 23.6. The first-order chi connectivity index (χ1) is 17.3. The third-order valence-corrected chi connectivity index (χ3v) is 7.51. The van der Waals surface area contributed by atoms with Gasteiger partial charge in [-0.25, -0.2) is 13.4 Å². The second-order valence-electron chi connectivity index (χ2n) is 8.24. The van der Waals surface area contributed by atoms with Crippen LogP contribution >= 0.6 is 11.3 Å². The van der Waals surface area contributed by atoms with E-state index < -0.39 is 15.7 Å². The fourth-order valence-corrected chi connectivity index (χ4v) is 4.92. The molecule has 12 heteroatoms. The molecule has 2 amide bonds. The van der Waals surface area contributed by atoms with E-state index in [9.17, 15) is 18.0 Å². The first-order valence-corrected chi connectivity index (χ1v) is 14.0. The van der Waals surface area contributed by atoms with Crippen LogP contribution in [0.5, 0.6) is 0 Å². The van der Waals surface area contributed by atoms with Gasteiger partial charge in [0.25, 0.3) is 11.8 Å². The molecule has 1 aromatic carbocycles. The number of anilines is 1. The lowest BCUT2D eigenvalue weighted by Crippen LogP contribution is -2.25. The van der Waals surface area contributed by atoms with Crippen molar-refractivity contribution >= 4 is 43.8 Å². The van der Waals surface area contributed by atoms with E-state index >= 15 is 0 Å². The number of thiazole rings is 1. The van der Waals surface area contributed by atoms with E-state index in [1.165, 1.54) is 30.5 Å². The molecule has 0 aliphatic heterocycles. The van der Waals surface area contributed by atoms with Crippen molar-refractivity contribution in [1.82, 2.24) is 15.3 Å². The van der Waals surface area contributed by atoms with Crippen molar-refractivity contribution in [2.75, 3.05) is 11.6 Å². The molecular weight excluding hydrogens is 502 g/mol. The molecule has 0 bridgehead atoms. The van der Waals surface area contributed by atoms with Crippen LogP contribution in [0.4, 0.5) is 5.13 Å². The predicted octanol–water partition coefficient (Wildman–Crippen LogP) is 3.17. The third kappa shape index (κ3) is 6.73. The molecule has 1 aliphatic rings. The van der Waals surface area contributed by atoms with Crippen molar-refractivity contribution in [3.05, 3.63) is 71.0 Å². The van der Waals surface area contributed by atoms with Gasteiger partial charge in [0.05, 0.1) is 23.3 Å². The smallest absolute Gasteiger partial charge is 0.280 e. The van der Waals surface area contributed by atoms with Gasteiger partial charge in [-0.15, -0.1) is 0 Å². The summed E-state index contributed by atoms with van der Waals surface area (Å²) in [6.07, 6.45) is 7.85. The molecule has 10 nitrogen and oxygen atoms in total. The van der Waals surface area contributed by atoms with E-state index in [-0.39, 0.29) is 34.3 Å². The Balaban J connectivity index is 1.47. The van der Waals surface area contributed by atoms with Crippen LogP contribution in [0, 0.1) is 0 Å². The van der Waals surface area contributed by atoms with E-state index in [0.717, 1.165) is 43.3 Å². The molecule has 2 heterocycles. The van der Waals surface area contributed by atoms with Gasteiger partial charge in [-0.2, -0.15) is 0 Å². The van der Waals surface area contributed by atoms with E-state index in [1.54, 1.807) is 18.3 Å². The quantitative estimate of drug-likeness (QED) is 0.322. The van der Waals surface area contributed by atoms with Crippen molar-refractivity contribution in [3.63, 3.8) is 0 Å². The number of carbonyl (C=O) groups excluding carboxylic acids is 2. The summed E-state index contributed by atoms with van der Waals surface area (Å²) in [5.41, 5.74) is 1.09. The molecule has 1 aliphatic carbocycles. The zero-order valence-electron chi connectivity index (χ0n) is 19.5. The van der Waals surface area contributed by atoms with Gasteiger partial charge in [0.15, 0.2) is 20.7 Å². The predicted molar refractivity (Wildman–Crippen MR) is 136 cm³/mol. The Hall–Kier alpha value is -3.64. The molecular formula is C24H25N5O5S2. The standard InChI is InChI=1S/C24H25N5O5S2/c1-36(32,33)19-11-9-16(10-12-19)21(29-34-18-7-2-3-8-18)23(31)28-24-27-15-20(35-24)22(30)26-14-17-6-4-5-13-25-17/h4-6,9-13,15,18H,2-3,7-8,14H2,1H3,(H,26,30)(H,27,28,31)/b29-21+. The molecule has 0 unspecified atom stereocenters. The molecule has 1 saturated carbocycles. The van der Waals surface area contributed by atoms with Crippen molar-refractivity contribution in [2.45, 2.75) is 43.2 Å². The van der Waals surface area contributed by atoms with Crippen LogP contribution in [0.25, 0.3) is 0 Å². The van der Waals surface area contributed by atoms with Gasteiger partial charge in [0, 0.05) is 18.0 Å². The number of nitrogens with one attached hydrogen (secondary N) is 2. The summed E-state index contributed by atoms with van der Waals surface area (Å²) in [6.45, 7) is 0.262. The number of sulfone groups is 1. The van der Waals surface area contributed by atoms with Crippen molar-refractivity contribution in [1.29, 1.82) is 0 Å². The van der Waals surface area contributed by atoms with Crippen LogP contribution in [-0.2, 0) is 26.0 Å². The average molecular weight is 528 g/mol. The maximum absolute atomic E-state index is 13.1. The van der Waals surface area contributed by atoms with Gasteiger partial charge in [0.2, 0.25) is 0 Å². The monoisotopic (exact) mass is 527 g/mol. The highest BCUT2D eigenvalue weighted by atomic mass is 32.2. The minimum absolute atomic E-state index is 0.0155. The van der Waals surface area contributed by atoms with E-state index in [1.807, 2.05) is 6.07 Å². The number of rotatable bonds is 9. The first-order valence-electron chi connectivity index (χ1n) is 11.3. The van der Waals surface area contributed by atoms with Crippen LogP contribution in [0.3, 0.4) is 0 Å². The second-order valence-corrected chi connectivity index (χ2v) is 11.3. The summed E-state index contributed by atoms with van der Waals surface area (Å²) >= 11 is 1.02. The van der Waals surface area contributed by atoms with Gasteiger partial charge in [-0.05, 0) is 49.9 Å². The highest BCUT2D eigenvalue weighted by molar-refractivity contribution is 7.90. The fourth-order valence-electron chi connectivity index (χ4n) is 3.56. The Morgan fingerprint density at radius 3 is 2.53 bits per heavy atom. The minimum atomic E-state index is -3.39.